The second-order valence-corrected chi connectivity index (χ2v) is 4.77. The molecule has 94 valence electrons. The molecule has 1 aliphatic heterocycles. The van der Waals surface area contributed by atoms with E-state index in [1.54, 1.807) is 0 Å². The Kier molecular flexibility index (Phi) is 4.95. The van der Waals surface area contributed by atoms with Crippen LogP contribution in [0.5, 0.6) is 0 Å². The van der Waals surface area contributed by atoms with E-state index in [-0.39, 0.29) is 0 Å². The van der Waals surface area contributed by atoms with E-state index >= 15 is 0 Å². The van der Waals surface area contributed by atoms with Crippen LogP contribution in [-0.2, 0) is 11.2 Å². The minimum atomic E-state index is 0.565. The molecule has 2 heterocycles. The molecule has 0 aromatic carbocycles. The summed E-state index contributed by atoms with van der Waals surface area (Å²) in [7, 11) is 2.06. The van der Waals surface area contributed by atoms with Crippen LogP contribution in [0.3, 0.4) is 0 Å². The Morgan fingerprint density at radius 1 is 1.59 bits per heavy atom. The first-order valence-electron chi connectivity index (χ1n) is 6.54. The molecule has 3 nitrogen and oxygen atoms in total. The minimum Gasteiger partial charge on any atom is -0.381 e. The maximum Gasteiger partial charge on any atom is 0.0509 e. The van der Waals surface area contributed by atoms with E-state index in [1.807, 2.05) is 18.5 Å². The molecule has 0 amide bonds. The minimum absolute atomic E-state index is 0.565. The van der Waals surface area contributed by atoms with Gasteiger partial charge in [0.25, 0.3) is 0 Å². The average Bonchev–Trinajstić information content (AvgIpc) is 2.42. The fourth-order valence-corrected chi connectivity index (χ4v) is 2.57. The lowest BCUT2D eigenvalue weighted by molar-refractivity contribution is 0.0392. The number of ether oxygens (including phenoxy) is 1. The van der Waals surface area contributed by atoms with Crippen molar-refractivity contribution in [2.45, 2.75) is 31.7 Å². The van der Waals surface area contributed by atoms with E-state index in [9.17, 15) is 0 Å². The van der Waals surface area contributed by atoms with Crippen molar-refractivity contribution in [2.24, 2.45) is 5.92 Å². The Morgan fingerprint density at radius 3 is 3.18 bits per heavy atom. The molecular weight excluding hydrogens is 212 g/mol. The number of hydrogen-bond donors (Lipinski definition) is 1. The number of rotatable bonds is 5. The van der Waals surface area contributed by atoms with Gasteiger partial charge >= 0.3 is 0 Å². The summed E-state index contributed by atoms with van der Waals surface area (Å²) in [6, 6.07) is 4.72. The van der Waals surface area contributed by atoms with Crippen LogP contribution in [0.1, 0.15) is 24.8 Å². The summed E-state index contributed by atoms with van der Waals surface area (Å²) in [5, 5.41) is 3.44. The van der Waals surface area contributed by atoms with Crippen LogP contribution in [-0.4, -0.2) is 31.3 Å². The lowest BCUT2D eigenvalue weighted by Gasteiger charge is -2.30. The quantitative estimate of drug-likeness (QED) is 0.846. The summed E-state index contributed by atoms with van der Waals surface area (Å²) >= 11 is 0. The molecule has 1 saturated heterocycles. The van der Waals surface area contributed by atoms with E-state index in [1.165, 1.54) is 18.4 Å². The first kappa shape index (κ1) is 12.5. The van der Waals surface area contributed by atoms with Crippen LogP contribution in [0.25, 0.3) is 0 Å². The Labute approximate surface area is 104 Å². The van der Waals surface area contributed by atoms with Crippen LogP contribution < -0.4 is 5.32 Å². The van der Waals surface area contributed by atoms with E-state index in [4.69, 9.17) is 4.74 Å². The summed E-state index contributed by atoms with van der Waals surface area (Å²) in [5.41, 5.74) is 1.32. The van der Waals surface area contributed by atoms with Crippen molar-refractivity contribution in [3.8, 4) is 0 Å². The summed E-state index contributed by atoms with van der Waals surface area (Å²) in [5.74, 6) is 0.672. The highest BCUT2D eigenvalue weighted by Gasteiger charge is 2.22. The predicted molar refractivity (Wildman–Crippen MR) is 68.9 cm³/mol. The van der Waals surface area contributed by atoms with Gasteiger partial charge in [-0.1, -0.05) is 6.07 Å². The first-order valence-corrected chi connectivity index (χ1v) is 6.54. The third-order valence-corrected chi connectivity index (χ3v) is 3.60. The Hall–Kier alpha value is -0.930. The van der Waals surface area contributed by atoms with E-state index in [2.05, 4.69) is 23.4 Å². The predicted octanol–water partition coefficient (Wildman–Crippen LogP) is 2.03. The molecule has 0 spiro atoms. The number of nitrogens with one attached hydrogen (secondary N) is 1. The molecule has 1 aliphatic rings. The zero-order chi connectivity index (χ0) is 11.9. The smallest absolute Gasteiger partial charge is 0.0509 e. The van der Waals surface area contributed by atoms with Crippen molar-refractivity contribution in [1.29, 1.82) is 0 Å². The number of pyridine rings is 1. The summed E-state index contributed by atoms with van der Waals surface area (Å²) < 4.78 is 5.56. The van der Waals surface area contributed by atoms with Gasteiger partial charge in [0.05, 0.1) is 6.61 Å². The van der Waals surface area contributed by atoms with Crippen LogP contribution >= 0.6 is 0 Å². The van der Waals surface area contributed by atoms with Gasteiger partial charge in [-0.3, -0.25) is 4.98 Å². The molecule has 3 heteroatoms. The standard InChI is InChI=1S/C14H22N2O/c1-15-14(13-5-3-9-17-11-13)7-6-12-4-2-8-16-10-12/h2,4,8,10,13-15H,3,5-7,9,11H2,1H3. The number of aryl methyl sites for hydroxylation is 1. The van der Waals surface area contributed by atoms with Crippen molar-refractivity contribution < 1.29 is 4.74 Å². The molecule has 0 radical (unpaired) electrons. The zero-order valence-electron chi connectivity index (χ0n) is 10.6. The third kappa shape index (κ3) is 3.79. The second kappa shape index (κ2) is 6.72. The summed E-state index contributed by atoms with van der Waals surface area (Å²) in [4.78, 5) is 4.16. The van der Waals surface area contributed by atoms with E-state index in [0.717, 1.165) is 26.1 Å². The molecular formula is C14H22N2O. The molecule has 0 aliphatic carbocycles. The van der Waals surface area contributed by atoms with Gasteiger partial charge in [0.15, 0.2) is 0 Å². The highest BCUT2D eigenvalue weighted by atomic mass is 16.5. The van der Waals surface area contributed by atoms with Crippen molar-refractivity contribution in [1.82, 2.24) is 10.3 Å². The van der Waals surface area contributed by atoms with Crippen LogP contribution in [0.15, 0.2) is 24.5 Å². The SMILES string of the molecule is CNC(CCc1cccnc1)C1CCCOC1. The number of hydrogen-bond acceptors (Lipinski definition) is 3. The van der Waals surface area contributed by atoms with Crippen LogP contribution in [0.2, 0.25) is 0 Å². The molecule has 0 saturated carbocycles. The maximum atomic E-state index is 5.56. The van der Waals surface area contributed by atoms with E-state index < -0.39 is 0 Å². The summed E-state index contributed by atoms with van der Waals surface area (Å²) in [6.45, 7) is 1.86. The highest BCUT2D eigenvalue weighted by molar-refractivity contribution is 5.08. The fourth-order valence-electron chi connectivity index (χ4n) is 2.57. The molecule has 1 aromatic heterocycles. The Bertz CT molecular complexity index is 309. The molecule has 0 bridgehead atoms. The lowest BCUT2D eigenvalue weighted by atomic mass is 9.90. The molecule has 1 aromatic rings. The molecule has 2 atom stereocenters. The Balaban J connectivity index is 1.82. The van der Waals surface area contributed by atoms with Gasteiger partial charge in [0, 0.05) is 25.0 Å². The molecule has 2 unspecified atom stereocenters. The monoisotopic (exact) mass is 234 g/mol. The zero-order valence-corrected chi connectivity index (χ0v) is 10.6. The van der Waals surface area contributed by atoms with Gasteiger partial charge in [0.2, 0.25) is 0 Å². The van der Waals surface area contributed by atoms with Gasteiger partial charge < -0.3 is 10.1 Å². The van der Waals surface area contributed by atoms with Gasteiger partial charge in [-0.05, 0) is 50.3 Å². The molecule has 1 N–H and O–H groups in total. The number of aromatic nitrogens is 1. The van der Waals surface area contributed by atoms with Gasteiger partial charge in [0.1, 0.15) is 0 Å². The van der Waals surface area contributed by atoms with Gasteiger partial charge in [-0.25, -0.2) is 0 Å². The van der Waals surface area contributed by atoms with E-state index in [0.29, 0.717) is 12.0 Å². The van der Waals surface area contributed by atoms with Crippen molar-refractivity contribution >= 4 is 0 Å². The van der Waals surface area contributed by atoms with Crippen molar-refractivity contribution in [3.63, 3.8) is 0 Å². The average molecular weight is 234 g/mol. The number of nitrogens with zero attached hydrogens (tertiary/aromatic N) is 1. The van der Waals surface area contributed by atoms with Crippen LogP contribution in [0, 0.1) is 5.92 Å². The van der Waals surface area contributed by atoms with Gasteiger partial charge in [-0.15, -0.1) is 0 Å². The van der Waals surface area contributed by atoms with Crippen molar-refractivity contribution in [3.05, 3.63) is 30.1 Å². The fraction of sp³-hybridized carbons (Fsp3) is 0.643. The lowest BCUT2D eigenvalue weighted by Crippen LogP contribution is -2.38. The van der Waals surface area contributed by atoms with Gasteiger partial charge in [-0.2, -0.15) is 0 Å². The topological polar surface area (TPSA) is 34.2 Å². The second-order valence-electron chi connectivity index (χ2n) is 4.77. The normalized spacial score (nSPS) is 22.3. The molecule has 1 fully saturated rings. The highest BCUT2D eigenvalue weighted by Crippen LogP contribution is 2.20. The third-order valence-electron chi connectivity index (χ3n) is 3.60. The molecule has 2 rings (SSSR count). The molecule has 17 heavy (non-hydrogen) atoms. The summed E-state index contributed by atoms with van der Waals surface area (Å²) in [6.07, 6.45) is 8.54. The first-order chi connectivity index (χ1) is 8.40. The Morgan fingerprint density at radius 2 is 2.53 bits per heavy atom. The van der Waals surface area contributed by atoms with Crippen molar-refractivity contribution in [2.75, 3.05) is 20.3 Å². The van der Waals surface area contributed by atoms with Crippen LogP contribution in [0.4, 0.5) is 0 Å². The maximum absolute atomic E-state index is 5.56. The largest absolute Gasteiger partial charge is 0.381 e.